The van der Waals surface area contributed by atoms with Crippen LogP contribution in [0.2, 0.25) is 0 Å². The zero-order valence-corrected chi connectivity index (χ0v) is 13.4. The van der Waals surface area contributed by atoms with E-state index < -0.39 is 0 Å². The lowest BCUT2D eigenvalue weighted by Gasteiger charge is -2.12. The Labute approximate surface area is 139 Å². The second kappa shape index (κ2) is 6.95. The van der Waals surface area contributed by atoms with Crippen LogP contribution in [0, 0.1) is 12.7 Å². The fourth-order valence-electron chi connectivity index (χ4n) is 2.30. The van der Waals surface area contributed by atoms with Crippen molar-refractivity contribution >= 4 is 23.0 Å². The number of aryl methyl sites for hydroxylation is 1. The van der Waals surface area contributed by atoms with E-state index in [2.05, 4.69) is 20.6 Å². The smallest absolute Gasteiger partial charge is 0.142 e. The number of anilines is 4. The summed E-state index contributed by atoms with van der Waals surface area (Å²) in [6.45, 7) is 1.80. The maximum absolute atomic E-state index is 13.3. The third kappa shape index (κ3) is 3.78. The Morgan fingerprint density at radius 3 is 2.42 bits per heavy atom. The fourth-order valence-corrected chi connectivity index (χ4v) is 2.30. The fraction of sp³-hybridized carbons (Fsp3) is 0.111. The maximum Gasteiger partial charge on any atom is 0.142 e. The van der Waals surface area contributed by atoms with Gasteiger partial charge in [-0.1, -0.05) is 18.2 Å². The van der Waals surface area contributed by atoms with Gasteiger partial charge in [0.05, 0.1) is 12.8 Å². The number of nitrogens with zero attached hydrogens (tertiary/aromatic N) is 2. The van der Waals surface area contributed by atoms with Crippen LogP contribution >= 0.6 is 0 Å². The Morgan fingerprint density at radius 2 is 1.67 bits per heavy atom. The SMILES string of the molecule is COc1ccccc1Nc1cc(Nc2cccc(F)c2)nc(C)n1. The zero-order valence-electron chi connectivity index (χ0n) is 13.4. The molecule has 24 heavy (non-hydrogen) atoms. The van der Waals surface area contributed by atoms with Crippen LogP contribution in [0.3, 0.4) is 0 Å². The van der Waals surface area contributed by atoms with Gasteiger partial charge in [-0.2, -0.15) is 0 Å². The minimum atomic E-state index is -0.307. The summed E-state index contributed by atoms with van der Waals surface area (Å²) in [7, 11) is 1.61. The molecule has 6 heteroatoms. The molecule has 3 rings (SSSR count). The van der Waals surface area contributed by atoms with Crippen molar-refractivity contribution in [3.63, 3.8) is 0 Å². The van der Waals surface area contributed by atoms with Crippen LogP contribution < -0.4 is 15.4 Å². The minimum Gasteiger partial charge on any atom is -0.495 e. The van der Waals surface area contributed by atoms with E-state index in [1.807, 2.05) is 24.3 Å². The highest BCUT2D eigenvalue weighted by Gasteiger charge is 2.06. The van der Waals surface area contributed by atoms with Crippen LogP contribution in [0.5, 0.6) is 5.75 Å². The summed E-state index contributed by atoms with van der Waals surface area (Å²) in [6, 6.07) is 15.5. The van der Waals surface area contributed by atoms with Gasteiger partial charge in [0.1, 0.15) is 29.0 Å². The monoisotopic (exact) mass is 324 g/mol. The third-order valence-electron chi connectivity index (χ3n) is 3.30. The van der Waals surface area contributed by atoms with E-state index in [1.54, 1.807) is 32.2 Å². The molecule has 122 valence electrons. The van der Waals surface area contributed by atoms with E-state index in [4.69, 9.17) is 4.74 Å². The lowest BCUT2D eigenvalue weighted by Crippen LogP contribution is -2.02. The van der Waals surface area contributed by atoms with Crippen molar-refractivity contribution in [3.05, 3.63) is 66.2 Å². The van der Waals surface area contributed by atoms with Crippen LogP contribution in [0.1, 0.15) is 5.82 Å². The molecule has 0 spiro atoms. The molecule has 0 atom stereocenters. The summed E-state index contributed by atoms with van der Waals surface area (Å²) in [5.74, 6) is 2.19. The number of ether oxygens (including phenoxy) is 1. The first-order valence-electron chi connectivity index (χ1n) is 7.42. The Balaban J connectivity index is 1.86. The van der Waals surface area contributed by atoms with Gasteiger partial charge in [0.15, 0.2) is 0 Å². The Kier molecular flexibility index (Phi) is 4.56. The molecule has 3 aromatic rings. The van der Waals surface area contributed by atoms with Crippen molar-refractivity contribution in [2.24, 2.45) is 0 Å². The highest BCUT2D eigenvalue weighted by atomic mass is 19.1. The molecule has 2 N–H and O–H groups in total. The van der Waals surface area contributed by atoms with Crippen molar-refractivity contribution in [2.45, 2.75) is 6.92 Å². The topological polar surface area (TPSA) is 59.1 Å². The van der Waals surface area contributed by atoms with Gasteiger partial charge < -0.3 is 15.4 Å². The third-order valence-corrected chi connectivity index (χ3v) is 3.30. The average molecular weight is 324 g/mol. The molecule has 0 saturated carbocycles. The quantitative estimate of drug-likeness (QED) is 0.727. The number of rotatable bonds is 5. The summed E-state index contributed by atoms with van der Waals surface area (Å²) < 4.78 is 18.6. The summed E-state index contributed by atoms with van der Waals surface area (Å²) in [5.41, 5.74) is 1.42. The largest absolute Gasteiger partial charge is 0.495 e. The highest BCUT2D eigenvalue weighted by Crippen LogP contribution is 2.27. The average Bonchev–Trinajstić information content (AvgIpc) is 2.55. The predicted octanol–water partition coefficient (Wildman–Crippen LogP) is 4.42. The molecule has 1 heterocycles. The molecule has 2 aromatic carbocycles. The zero-order chi connectivity index (χ0) is 16.9. The molecule has 0 aliphatic carbocycles. The normalized spacial score (nSPS) is 10.3. The van der Waals surface area contributed by atoms with Gasteiger partial charge in [-0.3, -0.25) is 0 Å². The van der Waals surface area contributed by atoms with Crippen LogP contribution in [0.15, 0.2) is 54.6 Å². The molecule has 0 unspecified atom stereocenters. The molecule has 0 bridgehead atoms. The van der Waals surface area contributed by atoms with Crippen molar-refractivity contribution in [1.82, 2.24) is 9.97 Å². The maximum atomic E-state index is 13.3. The number of aromatic nitrogens is 2. The number of benzene rings is 2. The van der Waals surface area contributed by atoms with E-state index in [0.29, 0.717) is 28.9 Å². The first-order chi connectivity index (χ1) is 11.6. The van der Waals surface area contributed by atoms with E-state index >= 15 is 0 Å². The van der Waals surface area contributed by atoms with Gasteiger partial charge in [0.2, 0.25) is 0 Å². The lowest BCUT2D eigenvalue weighted by atomic mass is 10.3. The molecule has 0 radical (unpaired) electrons. The molecule has 1 aromatic heterocycles. The van der Waals surface area contributed by atoms with Crippen LogP contribution in [-0.2, 0) is 0 Å². The van der Waals surface area contributed by atoms with Crippen molar-refractivity contribution in [2.75, 3.05) is 17.7 Å². The first kappa shape index (κ1) is 15.7. The molecular formula is C18H17FN4O. The number of halogens is 1. The molecule has 0 amide bonds. The van der Waals surface area contributed by atoms with E-state index in [0.717, 1.165) is 5.69 Å². The number of hydrogen-bond acceptors (Lipinski definition) is 5. The first-order valence-corrected chi connectivity index (χ1v) is 7.42. The Hall–Kier alpha value is -3.15. The van der Waals surface area contributed by atoms with Crippen molar-refractivity contribution < 1.29 is 9.13 Å². The van der Waals surface area contributed by atoms with E-state index in [9.17, 15) is 4.39 Å². The highest BCUT2D eigenvalue weighted by molar-refractivity contribution is 5.67. The molecule has 0 aliphatic rings. The van der Waals surface area contributed by atoms with Gasteiger partial charge in [-0.05, 0) is 37.3 Å². The molecule has 5 nitrogen and oxygen atoms in total. The Bertz CT molecular complexity index is 854. The van der Waals surface area contributed by atoms with Gasteiger partial charge in [0, 0.05) is 11.8 Å². The van der Waals surface area contributed by atoms with E-state index in [1.165, 1.54) is 12.1 Å². The van der Waals surface area contributed by atoms with Crippen molar-refractivity contribution in [1.29, 1.82) is 0 Å². The van der Waals surface area contributed by atoms with Crippen molar-refractivity contribution in [3.8, 4) is 5.75 Å². The predicted molar refractivity (Wildman–Crippen MR) is 92.7 cm³/mol. The summed E-state index contributed by atoms with van der Waals surface area (Å²) >= 11 is 0. The molecule has 0 aliphatic heterocycles. The van der Waals surface area contributed by atoms with Crippen LogP contribution in [0.25, 0.3) is 0 Å². The standard InChI is InChI=1S/C18H17FN4O/c1-12-20-17(22-14-7-5-6-13(19)10-14)11-18(21-12)23-15-8-3-4-9-16(15)24-2/h3-11H,1-2H3,(H2,20,21,22,23). The van der Waals surface area contributed by atoms with Gasteiger partial charge >= 0.3 is 0 Å². The molecule has 0 saturated heterocycles. The van der Waals surface area contributed by atoms with Crippen LogP contribution in [0.4, 0.5) is 27.4 Å². The van der Waals surface area contributed by atoms with E-state index in [-0.39, 0.29) is 5.82 Å². The number of nitrogens with one attached hydrogen (secondary N) is 2. The lowest BCUT2D eigenvalue weighted by molar-refractivity contribution is 0.417. The van der Waals surface area contributed by atoms with Gasteiger partial charge in [-0.25, -0.2) is 14.4 Å². The Morgan fingerprint density at radius 1 is 0.917 bits per heavy atom. The molecule has 0 fully saturated rings. The summed E-state index contributed by atoms with van der Waals surface area (Å²) in [4.78, 5) is 8.70. The van der Waals surface area contributed by atoms with Gasteiger partial charge in [-0.15, -0.1) is 0 Å². The summed E-state index contributed by atoms with van der Waals surface area (Å²) in [5, 5.41) is 6.29. The molecular weight excluding hydrogens is 307 g/mol. The second-order valence-electron chi connectivity index (χ2n) is 5.15. The number of methoxy groups -OCH3 is 1. The summed E-state index contributed by atoms with van der Waals surface area (Å²) in [6.07, 6.45) is 0. The van der Waals surface area contributed by atoms with Crippen LogP contribution in [-0.4, -0.2) is 17.1 Å². The number of hydrogen-bond donors (Lipinski definition) is 2. The minimum absolute atomic E-state index is 0.307. The number of para-hydroxylation sites is 2. The van der Waals surface area contributed by atoms with Gasteiger partial charge in [0.25, 0.3) is 0 Å². The second-order valence-corrected chi connectivity index (χ2v) is 5.15.